The fourth-order valence-electron chi connectivity index (χ4n) is 1.92. The van der Waals surface area contributed by atoms with Gasteiger partial charge in [-0.25, -0.2) is 0 Å². The molecule has 0 aliphatic heterocycles. The van der Waals surface area contributed by atoms with E-state index in [1.807, 2.05) is 30.4 Å². The third-order valence-corrected chi connectivity index (χ3v) is 3.31. The van der Waals surface area contributed by atoms with Crippen molar-refractivity contribution in [3.05, 3.63) is 54.3 Å². The molecule has 0 N–H and O–H groups in total. The van der Waals surface area contributed by atoms with Crippen LogP contribution in [-0.2, 0) is 4.74 Å². The second-order valence-corrected chi connectivity index (χ2v) is 4.94. The van der Waals surface area contributed by atoms with Crippen molar-refractivity contribution in [1.82, 2.24) is 0 Å². The second-order valence-electron chi connectivity index (χ2n) is 4.94. The van der Waals surface area contributed by atoms with Gasteiger partial charge >= 0.3 is 0 Å². The van der Waals surface area contributed by atoms with Gasteiger partial charge in [-0.2, -0.15) is 0 Å². The number of rotatable bonds is 9. The van der Waals surface area contributed by atoms with E-state index in [1.54, 1.807) is 0 Å². The molecule has 0 aliphatic carbocycles. The maximum absolute atomic E-state index is 5.73. The average molecular weight is 258 g/mol. The first-order chi connectivity index (χ1) is 9.26. The van der Waals surface area contributed by atoms with Gasteiger partial charge in [-0.05, 0) is 24.0 Å². The van der Waals surface area contributed by atoms with Gasteiger partial charge in [0, 0.05) is 0 Å². The van der Waals surface area contributed by atoms with E-state index in [0.717, 1.165) is 12.4 Å². The van der Waals surface area contributed by atoms with E-state index >= 15 is 0 Å². The van der Waals surface area contributed by atoms with Crippen LogP contribution in [0.3, 0.4) is 0 Å². The molecule has 0 saturated carbocycles. The molecule has 1 aromatic rings. The molecule has 1 aromatic carbocycles. The standard InChI is InChI=1S/C18H26O/c1-4-6-10-17(5-2)15-19-16(3)13-14-18-11-8-7-9-12-18/h7-9,11-14,17H,3-6,10,15H2,1-2H3/b14-13+. The molecule has 0 saturated heterocycles. The molecule has 1 atom stereocenters. The Bertz CT molecular complexity index is 378. The average Bonchev–Trinajstić information content (AvgIpc) is 2.46. The van der Waals surface area contributed by atoms with E-state index in [-0.39, 0.29) is 0 Å². The Morgan fingerprint density at radius 1 is 1.26 bits per heavy atom. The van der Waals surface area contributed by atoms with Gasteiger partial charge in [0.15, 0.2) is 0 Å². The van der Waals surface area contributed by atoms with Crippen LogP contribution < -0.4 is 0 Å². The lowest BCUT2D eigenvalue weighted by Gasteiger charge is -2.15. The number of allylic oxidation sites excluding steroid dienone is 1. The normalized spacial score (nSPS) is 12.5. The summed E-state index contributed by atoms with van der Waals surface area (Å²) in [7, 11) is 0. The second kappa shape index (κ2) is 9.43. The largest absolute Gasteiger partial charge is 0.494 e. The van der Waals surface area contributed by atoms with E-state index in [1.165, 1.54) is 31.2 Å². The Morgan fingerprint density at radius 2 is 2.00 bits per heavy atom. The summed E-state index contributed by atoms with van der Waals surface area (Å²) in [4.78, 5) is 0. The highest BCUT2D eigenvalue weighted by molar-refractivity contribution is 5.51. The van der Waals surface area contributed by atoms with Crippen molar-refractivity contribution >= 4 is 6.08 Å². The van der Waals surface area contributed by atoms with E-state index in [0.29, 0.717) is 5.92 Å². The number of unbranched alkanes of at least 4 members (excludes halogenated alkanes) is 1. The highest BCUT2D eigenvalue weighted by Crippen LogP contribution is 2.15. The van der Waals surface area contributed by atoms with Crippen LogP contribution in [0.2, 0.25) is 0 Å². The number of hydrogen-bond acceptors (Lipinski definition) is 1. The summed E-state index contributed by atoms with van der Waals surface area (Å²) < 4.78 is 5.73. The molecule has 1 nitrogen and oxygen atoms in total. The Kier molecular flexibility index (Phi) is 7.72. The first-order valence-electron chi connectivity index (χ1n) is 7.31. The zero-order valence-electron chi connectivity index (χ0n) is 12.3. The minimum Gasteiger partial charge on any atom is -0.494 e. The highest BCUT2D eigenvalue weighted by Gasteiger charge is 2.06. The Morgan fingerprint density at radius 3 is 2.63 bits per heavy atom. The lowest BCUT2D eigenvalue weighted by molar-refractivity contribution is 0.166. The van der Waals surface area contributed by atoms with Crippen LogP contribution in [0.15, 0.2) is 48.7 Å². The summed E-state index contributed by atoms with van der Waals surface area (Å²) in [5, 5.41) is 0. The van der Waals surface area contributed by atoms with E-state index in [2.05, 4.69) is 32.6 Å². The van der Waals surface area contributed by atoms with Crippen LogP contribution in [0.4, 0.5) is 0 Å². The Hall–Kier alpha value is -1.50. The first-order valence-corrected chi connectivity index (χ1v) is 7.31. The van der Waals surface area contributed by atoms with E-state index in [4.69, 9.17) is 4.74 Å². The molecule has 0 heterocycles. The van der Waals surface area contributed by atoms with Crippen LogP contribution in [0.5, 0.6) is 0 Å². The van der Waals surface area contributed by atoms with Crippen LogP contribution in [0, 0.1) is 5.92 Å². The molecule has 0 bridgehead atoms. The van der Waals surface area contributed by atoms with Gasteiger partial charge < -0.3 is 4.74 Å². The molecular formula is C18H26O. The molecule has 0 aromatic heterocycles. The van der Waals surface area contributed by atoms with Gasteiger partial charge in [-0.1, -0.05) is 76.1 Å². The van der Waals surface area contributed by atoms with Gasteiger partial charge in [-0.3, -0.25) is 0 Å². The maximum Gasteiger partial charge on any atom is 0.112 e. The van der Waals surface area contributed by atoms with Crippen molar-refractivity contribution in [1.29, 1.82) is 0 Å². The van der Waals surface area contributed by atoms with Crippen LogP contribution >= 0.6 is 0 Å². The van der Waals surface area contributed by atoms with Gasteiger partial charge in [0.2, 0.25) is 0 Å². The topological polar surface area (TPSA) is 9.23 Å². The third kappa shape index (κ3) is 6.85. The number of ether oxygens (including phenoxy) is 1. The number of hydrogen-bond donors (Lipinski definition) is 0. The molecular weight excluding hydrogens is 232 g/mol. The summed E-state index contributed by atoms with van der Waals surface area (Å²) >= 11 is 0. The quantitative estimate of drug-likeness (QED) is 0.423. The fourth-order valence-corrected chi connectivity index (χ4v) is 1.92. The predicted molar refractivity (Wildman–Crippen MR) is 83.9 cm³/mol. The highest BCUT2D eigenvalue weighted by atomic mass is 16.5. The van der Waals surface area contributed by atoms with E-state index in [9.17, 15) is 0 Å². The van der Waals surface area contributed by atoms with Crippen LogP contribution in [-0.4, -0.2) is 6.61 Å². The maximum atomic E-state index is 5.73. The van der Waals surface area contributed by atoms with Crippen molar-refractivity contribution < 1.29 is 4.74 Å². The SMILES string of the molecule is C=C(/C=C/c1ccccc1)OCC(CC)CCCC. The zero-order chi connectivity index (χ0) is 13.9. The minimum absolute atomic E-state index is 0.654. The molecule has 1 heteroatoms. The van der Waals surface area contributed by atoms with Crippen molar-refractivity contribution in [3.8, 4) is 0 Å². The van der Waals surface area contributed by atoms with Crippen LogP contribution in [0.1, 0.15) is 45.1 Å². The smallest absolute Gasteiger partial charge is 0.112 e. The van der Waals surface area contributed by atoms with Crippen molar-refractivity contribution in [3.63, 3.8) is 0 Å². The van der Waals surface area contributed by atoms with Crippen molar-refractivity contribution in [2.75, 3.05) is 6.61 Å². The molecule has 104 valence electrons. The molecule has 0 radical (unpaired) electrons. The molecule has 0 amide bonds. The molecule has 0 aliphatic rings. The Labute approximate surface area is 118 Å². The van der Waals surface area contributed by atoms with Crippen molar-refractivity contribution in [2.45, 2.75) is 39.5 Å². The number of benzene rings is 1. The Balaban J connectivity index is 2.32. The molecule has 1 unspecified atom stereocenters. The minimum atomic E-state index is 0.654. The lowest BCUT2D eigenvalue weighted by atomic mass is 10.0. The van der Waals surface area contributed by atoms with Gasteiger partial charge in [0.25, 0.3) is 0 Å². The molecule has 0 fully saturated rings. The summed E-state index contributed by atoms with van der Waals surface area (Å²) in [5.41, 5.74) is 1.17. The summed E-state index contributed by atoms with van der Waals surface area (Å²) in [6, 6.07) is 10.2. The van der Waals surface area contributed by atoms with Crippen molar-refractivity contribution in [2.24, 2.45) is 5.92 Å². The third-order valence-electron chi connectivity index (χ3n) is 3.31. The monoisotopic (exact) mass is 258 g/mol. The molecule has 0 spiro atoms. The fraction of sp³-hybridized carbons (Fsp3) is 0.444. The summed E-state index contributed by atoms with van der Waals surface area (Å²) in [6.45, 7) is 9.19. The van der Waals surface area contributed by atoms with E-state index < -0.39 is 0 Å². The molecule has 1 rings (SSSR count). The van der Waals surface area contributed by atoms with Gasteiger partial charge in [0.1, 0.15) is 5.76 Å². The first kappa shape index (κ1) is 15.6. The van der Waals surface area contributed by atoms with Gasteiger partial charge in [0.05, 0.1) is 6.61 Å². The molecule has 19 heavy (non-hydrogen) atoms. The summed E-state index contributed by atoms with van der Waals surface area (Å²) in [6.07, 6.45) is 8.95. The lowest BCUT2D eigenvalue weighted by Crippen LogP contribution is -2.07. The van der Waals surface area contributed by atoms with Crippen LogP contribution in [0.25, 0.3) is 6.08 Å². The predicted octanol–water partition coefficient (Wildman–Crippen LogP) is 5.45. The van der Waals surface area contributed by atoms with Gasteiger partial charge in [-0.15, -0.1) is 0 Å². The summed E-state index contributed by atoms with van der Waals surface area (Å²) in [5.74, 6) is 1.40. The zero-order valence-corrected chi connectivity index (χ0v) is 12.3.